The van der Waals surface area contributed by atoms with Gasteiger partial charge in [-0.25, -0.2) is 0 Å². The lowest BCUT2D eigenvalue weighted by Crippen LogP contribution is -2.27. The van der Waals surface area contributed by atoms with E-state index < -0.39 is 0 Å². The summed E-state index contributed by atoms with van der Waals surface area (Å²) in [5.41, 5.74) is 0.993. The highest BCUT2D eigenvalue weighted by Gasteiger charge is 2.44. The number of hydrogen-bond acceptors (Lipinski definition) is 3. The summed E-state index contributed by atoms with van der Waals surface area (Å²) in [6.45, 7) is 1.49. The van der Waals surface area contributed by atoms with Crippen molar-refractivity contribution < 1.29 is 14.6 Å². The van der Waals surface area contributed by atoms with Crippen LogP contribution in [0.5, 0.6) is 0 Å². The highest BCUT2D eigenvalue weighted by molar-refractivity contribution is 6.35. The Hall–Kier alpha value is -0.810. The SMILES string of the molecule is O=C(NCCCOCCO)C1CC1c1ccc(Cl)cc1Cl. The molecule has 0 radical (unpaired) electrons. The molecule has 21 heavy (non-hydrogen) atoms. The van der Waals surface area contributed by atoms with Crippen LogP contribution in [0.25, 0.3) is 0 Å². The van der Waals surface area contributed by atoms with Gasteiger partial charge in [0.1, 0.15) is 0 Å². The van der Waals surface area contributed by atoms with E-state index in [1.807, 2.05) is 6.07 Å². The first-order valence-electron chi connectivity index (χ1n) is 7.04. The molecule has 1 aromatic rings. The molecule has 1 aliphatic rings. The summed E-state index contributed by atoms with van der Waals surface area (Å²) in [5, 5.41) is 12.7. The molecule has 2 atom stereocenters. The Morgan fingerprint density at radius 2 is 2.19 bits per heavy atom. The number of nitrogens with one attached hydrogen (secondary N) is 1. The minimum atomic E-state index is 0.00188. The summed E-state index contributed by atoms with van der Waals surface area (Å²) < 4.78 is 5.13. The van der Waals surface area contributed by atoms with Gasteiger partial charge in [-0.1, -0.05) is 29.3 Å². The number of ether oxygens (including phenoxy) is 1. The largest absolute Gasteiger partial charge is 0.394 e. The maximum absolute atomic E-state index is 12.0. The maximum Gasteiger partial charge on any atom is 0.223 e. The van der Waals surface area contributed by atoms with E-state index in [1.54, 1.807) is 12.1 Å². The predicted molar refractivity (Wildman–Crippen MR) is 82.8 cm³/mol. The molecule has 4 nitrogen and oxygen atoms in total. The second-order valence-electron chi connectivity index (χ2n) is 5.10. The first-order valence-corrected chi connectivity index (χ1v) is 7.80. The van der Waals surface area contributed by atoms with Crippen molar-refractivity contribution in [2.24, 2.45) is 5.92 Å². The van der Waals surface area contributed by atoms with E-state index in [0.29, 0.717) is 29.8 Å². The Morgan fingerprint density at radius 1 is 1.38 bits per heavy atom. The fraction of sp³-hybridized carbons (Fsp3) is 0.533. The van der Waals surface area contributed by atoms with Gasteiger partial charge in [-0.3, -0.25) is 4.79 Å². The van der Waals surface area contributed by atoms with E-state index in [-0.39, 0.29) is 24.3 Å². The van der Waals surface area contributed by atoms with E-state index in [0.717, 1.165) is 18.4 Å². The zero-order valence-electron chi connectivity index (χ0n) is 11.6. The van der Waals surface area contributed by atoms with Crippen LogP contribution in [0.1, 0.15) is 24.3 Å². The maximum atomic E-state index is 12.0. The highest BCUT2D eigenvalue weighted by Crippen LogP contribution is 2.49. The van der Waals surface area contributed by atoms with Crippen LogP contribution in [0.2, 0.25) is 10.0 Å². The number of aliphatic hydroxyl groups excluding tert-OH is 1. The second kappa shape index (κ2) is 7.99. The Morgan fingerprint density at radius 3 is 2.90 bits per heavy atom. The summed E-state index contributed by atoms with van der Waals surface area (Å²) in [6.07, 6.45) is 1.57. The Bertz CT molecular complexity index is 496. The number of rotatable bonds is 8. The first kappa shape index (κ1) is 16.6. The van der Waals surface area contributed by atoms with Gasteiger partial charge >= 0.3 is 0 Å². The summed E-state index contributed by atoms with van der Waals surface area (Å²) in [4.78, 5) is 12.0. The molecule has 0 bridgehead atoms. The summed E-state index contributed by atoms with van der Waals surface area (Å²) in [7, 11) is 0. The van der Waals surface area contributed by atoms with E-state index in [1.165, 1.54) is 0 Å². The van der Waals surface area contributed by atoms with Gasteiger partial charge in [0.25, 0.3) is 0 Å². The van der Waals surface area contributed by atoms with Gasteiger partial charge in [0.2, 0.25) is 5.91 Å². The number of amides is 1. The molecule has 2 N–H and O–H groups in total. The third-order valence-electron chi connectivity index (χ3n) is 3.49. The summed E-state index contributed by atoms with van der Waals surface area (Å²) in [6, 6.07) is 5.41. The van der Waals surface area contributed by atoms with E-state index in [9.17, 15) is 4.79 Å². The molecule has 6 heteroatoms. The number of aliphatic hydroxyl groups is 1. The van der Waals surface area contributed by atoms with Gasteiger partial charge in [0.15, 0.2) is 0 Å². The standard InChI is InChI=1S/C15H19Cl2NO3/c16-10-2-3-11(14(17)8-10)12-9-13(12)15(20)18-4-1-6-21-7-5-19/h2-3,8,12-13,19H,1,4-7,9H2,(H,18,20). The lowest BCUT2D eigenvalue weighted by molar-refractivity contribution is -0.122. The van der Waals surface area contributed by atoms with E-state index in [4.69, 9.17) is 33.0 Å². The van der Waals surface area contributed by atoms with Crippen molar-refractivity contribution in [1.29, 1.82) is 0 Å². The van der Waals surface area contributed by atoms with Gasteiger partial charge in [0, 0.05) is 29.1 Å². The lowest BCUT2D eigenvalue weighted by atomic mass is 10.1. The molecule has 1 aliphatic carbocycles. The number of carbonyl (C=O) groups excluding carboxylic acids is 1. The van der Waals surface area contributed by atoms with Crippen LogP contribution in [0, 0.1) is 5.92 Å². The molecule has 1 saturated carbocycles. The van der Waals surface area contributed by atoms with Crippen LogP contribution < -0.4 is 5.32 Å². The topological polar surface area (TPSA) is 58.6 Å². The average molecular weight is 332 g/mol. The molecule has 0 spiro atoms. The van der Waals surface area contributed by atoms with Crippen molar-refractivity contribution in [3.8, 4) is 0 Å². The normalized spacial score (nSPS) is 20.3. The fourth-order valence-corrected chi connectivity index (χ4v) is 2.86. The van der Waals surface area contributed by atoms with E-state index >= 15 is 0 Å². The van der Waals surface area contributed by atoms with Crippen LogP contribution >= 0.6 is 23.2 Å². The Kier molecular flexibility index (Phi) is 6.30. The molecule has 0 aromatic heterocycles. The van der Waals surface area contributed by atoms with Crippen molar-refractivity contribution in [3.63, 3.8) is 0 Å². The molecule has 2 unspecified atom stereocenters. The number of carbonyl (C=O) groups is 1. The first-order chi connectivity index (χ1) is 10.1. The van der Waals surface area contributed by atoms with Crippen molar-refractivity contribution in [3.05, 3.63) is 33.8 Å². The molecule has 1 amide bonds. The fourth-order valence-electron chi connectivity index (χ4n) is 2.31. The van der Waals surface area contributed by atoms with Crippen LogP contribution in [0.3, 0.4) is 0 Å². The molecule has 0 heterocycles. The van der Waals surface area contributed by atoms with Gasteiger partial charge in [-0.2, -0.15) is 0 Å². The van der Waals surface area contributed by atoms with Gasteiger partial charge in [-0.15, -0.1) is 0 Å². The summed E-state index contributed by atoms with van der Waals surface area (Å²) in [5.74, 6) is 0.260. The van der Waals surface area contributed by atoms with Crippen LogP contribution in [0.4, 0.5) is 0 Å². The predicted octanol–water partition coefficient (Wildman–Crippen LogP) is 2.61. The second-order valence-corrected chi connectivity index (χ2v) is 5.94. The number of hydrogen-bond donors (Lipinski definition) is 2. The molecule has 1 aromatic carbocycles. The van der Waals surface area contributed by atoms with Gasteiger partial charge < -0.3 is 15.2 Å². The van der Waals surface area contributed by atoms with E-state index in [2.05, 4.69) is 5.32 Å². The van der Waals surface area contributed by atoms with Crippen molar-refractivity contribution in [2.75, 3.05) is 26.4 Å². The molecule has 0 saturated heterocycles. The van der Waals surface area contributed by atoms with Crippen LogP contribution in [-0.4, -0.2) is 37.4 Å². The molecular weight excluding hydrogens is 313 g/mol. The molecular formula is C15H19Cl2NO3. The minimum absolute atomic E-state index is 0.00188. The van der Waals surface area contributed by atoms with Crippen molar-refractivity contribution >= 4 is 29.1 Å². The van der Waals surface area contributed by atoms with Crippen LogP contribution in [-0.2, 0) is 9.53 Å². The summed E-state index contributed by atoms with van der Waals surface area (Å²) >= 11 is 12.0. The van der Waals surface area contributed by atoms with Gasteiger partial charge in [0.05, 0.1) is 13.2 Å². The molecule has 116 valence electrons. The smallest absolute Gasteiger partial charge is 0.223 e. The molecule has 1 fully saturated rings. The van der Waals surface area contributed by atoms with Crippen molar-refractivity contribution in [1.82, 2.24) is 5.32 Å². The minimum Gasteiger partial charge on any atom is -0.394 e. The monoisotopic (exact) mass is 331 g/mol. The van der Waals surface area contributed by atoms with Crippen LogP contribution in [0.15, 0.2) is 18.2 Å². The Labute approximate surface area is 134 Å². The van der Waals surface area contributed by atoms with Crippen molar-refractivity contribution in [2.45, 2.75) is 18.8 Å². The molecule has 0 aliphatic heterocycles. The van der Waals surface area contributed by atoms with Gasteiger partial charge in [-0.05, 0) is 36.5 Å². The quantitative estimate of drug-likeness (QED) is 0.720. The molecule has 2 rings (SSSR count). The zero-order valence-corrected chi connectivity index (χ0v) is 13.2. The number of halogens is 2. The third-order valence-corrected chi connectivity index (χ3v) is 4.05. The number of benzene rings is 1. The highest BCUT2D eigenvalue weighted by atomic mass is 35.5. The lowest BCUT2D eigenvalue weighted by Gasteiger charge is -2.06. The third kappa shape index (κ3) is 4.85. The average Bonchev–Trinajstić information content (AvgIpc) is 3.22. The Balaban J connectivity index is 1.71. The zero-order chi connectivity index (χ0) is 15.2.